The van der Waals surface area contributed by atoms with Gasteiger partial charge < -0.3 is 9.32 Å². The Kier molecular flexibility index (Phi) is 5.62. The van der Waals surface area contributed by atoms with E-state index in [1.165, 1.54) is 22.3 Å². The monoisotopic (exact) mass is 623 g/mol. The molecule has 0 bridgehead atoms. The number of carbonyl (C=O) groups is 2. The molecule has 4 aromatic carbocycles. The highest BCUT2D eigenvalue weighted by Gasteiger charge is 2.66. The number of para-hydroxylation sites is 1. The predicted octanol–water partition coefficient (Wildman–Crippen LogP) is 7.47. The fourth-order valence-corrected chi connectivity index (χ4v) is 7.59. The molecule has 10 heteroatoms. The van der Waals surface area contributed by atoms with Crippen molar-refractivity contribution in [3.05, 3.63) is 133 Å². The smallest absolute Gasteiger partial charge is 0.297 e. The predicted molar refractivity (Wildman–Crippen MR) is 169 cm³/mol. The zero-order chi connectivity index (χ0) is 29.6. The summed E-state index contributed by atoms with van der Waals surface area (Å²) in [5.74, 6) is -1.26. The van der Waals surface area contributed by atoms with Gasteiger partial charge in [0, 0.05) is 15.6 Å². The van der Waals surface area contributed by atoms with E-state index in [4.69, 9.17) is 32.6 Å². The Morgan fingerprint density at radius 2 is 1.67 bits per heavy atom. The first-order valence-electron chi connectivity index (χ1n) is 13.4. The summed E-state index contributed by atoms with van der Waals surface area (Å²) >= 11 is 13.7. The van der Waals surface area contributed by atoms with E-state index in [-0.39, 0.29) is 34.0 Å². The number of benzene rings is 4. The normalized spacial score (nSPS) is 17.5. The summed E-state index contributed by atoms with van der Waals surface area (Å²) in [7, 11) is 0. The van der Waals surface area contributed by atoms with Crippen molar-refractivity contribution < 1.29 is 14.0 Å². The molecule has 2 aliphatic heterocycles. The molecule has 210 valence electrons. The Labute approximate surface area is 258 Å². The zero-order valence-electron chi connectivity index (χ0n) is 22.4. The average molecular weight is 625 g/mol. The van der Waals surface area contributed by atoms with E-state index in [9.17, 15) is 9.59 Å². The molecule has 2 aromatic heterocycles. The Morgan fingerprint density at radius 3 is 2.49 bits per heavy atom. The SMILES string of the molecule is Cc1ccc2nc(N3C(=O)c4oc5ccc(Cl)cc5c(=O)c4C34C(=O)N(Cc3ccc(Cl)cc3)c3ccccc34)sc2c1. The summed E-state index contributed by atoms with van der Waals surface area (Å²) in [5.41, 5.74) is 1.42. The molecule has 2 aliphatic rings. The zero-order valence-corrected chi connectivity index (χ0v) is 24.8. The first kappa shape index (κ1) is 26.2. The standard InChI is InChI=1S/C33H19Cl2N3O4S/c1-17-6-12-23-26(14-17)43-32(36-23)38-30(40)29-27(28(39)21-15-20(35)11-13-25(21)42-29)33(38)22-4-2-3-5-24(22)37(31(33)41)16-18-7-9-19(34)10-8-18/h2-15H,16H2,1H3. The first-order valence-corrected chi connectivity index (χ1v) is 15.0. The summed E-state index contributed by atoms with van der Waals surface area (Å²) in [6.45, 7) is 2.16. The maximum atomic E-state index is 15.1. The lowest BCUT2D eigenvalue weighted by Gasteiger charge is -2.32. The van der Waals surface area contributed by atoms with Crippen molar-refractivity contribution in [2.24, 2.45) is 0 Å². The van der Waals surface area contributed by atoms with Gasteiger partial charge in [0.2, 0.25) is 5.76 Å². The van der Waals surface area contributed by atoms with Crippen LogP contribution < -0.4 is 15.2 Å². The minimum Gasteiger partial charge on any atom is -0.450 e. The van der Waals surface area contributed by atoms with Crippen molar-refractivity contribution in [3.63, 3.8) is 0 Å². The summed E-state index contributed by atoms with van der Waals surface area (Å²) in [5, 5.41) is 1.37. The van der Waals surface area contributed by atoms with Crippen molar-refractivity contribution in [1.82, 2.24) is 4.98 Å². The van der Waals surface area contributed by atoms with Crippen molar-refractivity contribution in [1.29, 1.82) is 0 Å². The van der Waals surface area contributed by atoms with Crippen molar-refractivity contribution in [2.75, 3.05) is 9.80 Å². The van der Waals surface area contributed by atoms with Crippen LogP contribution in [0.4, 0.5) is 10.8 Å². The molecule has 7 nitrogen and oxygen atoms in total. The van der Waals surface area contributed by atoms with Gasteiger partial charge in [-0.25, -0.2) is 4.98 Å². The van der Waals surface area contributed by atoms with Crippen molar-refractivity contribution in [2.45, 2.75) is 19.0 Å². The van der Waals surface area contributed by atoms with Gasteiger partial charge in [-0.1, -0.05) is 70.9 Å². The van der Waals surface area contributed by atoms with Crippen LogP contribution in [0.15, 0.2) is 94.1 Å². The summed E-state index contributed by atoms with van der Waals surface area (Å²) in [4.78, 5) is 51.7. The van der Waals surface area contributed by atoms with Crippen LogP contribution in [0.3, 0.4) is 0 Å². The molecule has 0 saturated carbocycles. The lowest BCUT2D eigenvalue weighted by atomic mass is 9.84. The van der Waals surface area contributed by atoms with E-state index in [0.29, 0.717) is 26.8 Å². The number of hydrogen-bond donors (Lipinski definition) is 0. The summed E-state index contributed by atoms with van der Waals surface area (Å²) < 4.78 is 7.00. The second kappa shape index (κ2) is 9.25. The first-order chi connectivity index (χ1) is 20.8. The fourth-order valence-electron chi connectivity index (χ4n) is 6.18. The quantitative estimate of drug-likeness (QED) is 0.204. The third-order valence-electron chi connectivity index (χ3n) is 8.06. The lowest BCUT2D eigenvalue weighted by molar-refractivity contribution is -0.121. The van der Waals surface area contributed by atoms with E-state index < -0.39 is 22.8 Å². The molecule has 2 amide bonds. The number of amides is 2. The second-order valence-corrected chi connectivity index (χ2v) is 12.5. The number of aromatic nitrogens is 1. The summed E-state index contributed by atoms with van der Waals surface area (Å²) in [6.07, 6.45) is 0. The molecule has 4 heterocycles. The van der Waals surface area contributed by atoms with E-state index in [1.807, 2.05) is 49.4 Å². The van der Waals surface area contributed by atoms with Crippen molar-refractivity contribution >= 4 is 78.4 Å². The number of aryl methyl sites for hydroxylation is 1. The third kappa shape index (κ3) is 3.60. The van der Waals surface area contributed by atoms with Gasteiger partial charge in [-0.05, 0) is 66.6 Å². The number of anilines is 2. The molecule has 0 fully saturated rings. The van der Waals surface area contributed by atoms with Gasteiger partial charge >= 0.3 is 0 Å². The topological polar surface area (TPSA) is 83.7 Å². The largest absolute Gasteiger partial charge is 0.450 e. The van der Waals surface area contributed by atoms with Gasteiger partial charge in [0.05, 0.1) is 33.4 Å². The molecule has 1 atom stereocenters. The van der Waals surface area contributed by atoms with Crippen LogP contribution in [0.25, 0.3) is 21.2 Å². The molecule has 1 spiro atoms. The third-order valence-corrected chi connectivity index (χ3v) is 9.55. The average Bonchev–Trinajstić information content (AvgIpc) is 3.60. The van der Waals surface area contributed by atoms with Crippen LogP contribution in [0.1, 0.15) is 32.8 Å². The van der Waals surface area contributed by atoms with Crippen LogP contribution >= 0.6 is 34.5 Å². The molecule has 8 rings (SSSR count). The van der Waals surface area contributed by atoms with E-state index in [2.05, 4.69) is 0 Å². The van der Waals surface area contributed by atoms with Crippen LogP contribution in [-0.4, -0.2) is 16.8 Å². The molecular formula is C33H19Cl2N3O4S. The van der Waals surface area contributed by atoms with E-state index >= 15 is 4.79 Å². The van der Waals surface area contributed by atoms with E-state index in [0.717, 1.165) is 15.8 Å². The lowest BCUT2D eigenvalue weighted by Crippen LogP contribution is -2.53. The van der Waals surface area contributed by atoms with Crippen LogP contribution in [-0.2, 0) is 16.9 Å². The highest BCUT2D eigenvalue weighted by molar-refractivity contribution is 7.22. The second-order valence-electron chi connectivity index (χ2n) is 10.6. The van der Waals surface area contributed by atoms with Crippen molar-refractivity contribution in [3.8, 4) is 0 Å². The van der Waals surface area contributed by atoms with Gasteiger partial charge in [-0.15, -0.1) is 0 Å². The molecular weight excluding hydrogens is 605 g/mol. The molecule has 43 heavy (non-hydrogen) atoms. The van der Waals surface area contributed by atoms with Gasteiger partial charge in [-0.3, -0.25) is 19.3 Å². The molecule has 6 aromatic rings. The number of rotatable bonds is 3. The molecule has 0 N–H and O–H groups in total. The van der Waals surface area contributed by atoms with Crippen LogP contribution in [0.5, 0.6) is 0 Å². The van der Waals surface area contributed by atoms with Gasteiger partial charge in [0.25, 0.3) is 11.8 Å². The molecule has 0 aliphatic carbocycles. The van der Waals surface area contributed by atoms with Gasteiger partial charge in [0.15, 0.2) is 16.1 Å². The summed E-state index contributed by atoms with van der Waals surface area (Å²) in [6, 6.07) is 24.9. The highest BCUT2D eigenvalue weighted by atomic mass is 35.5. The number of hydrogen-bond acceptors (Lipinski definition) is 6. The van der Waals surface area contributed by atoms with Crippen LogP contribution in [0, 0.1) is 6.92 Å². The Hall–Kier alpha value is -4.50. The minimum absolute atomic E-state index is 0.0428. The van der Waals surface area contributed by atoms with Gasteiger partial charge in [-0.2, -0.15) is 0 Å². The fraction of sp³-hybridized carbons (Fsp3) is 0.0909. The Balaban J connectivity index is 1.45. The number of thiazole rings is 1. The number of carbonyl (C=O) groups excluding carboxylic acids is 2. The molecule has 0 radical (unpaired) electrons. The Bertz CT molecular complexity index is 2240. The molecule has 0 saturated heterocycles. The van der Waals surface area contributed by atoms with Crippen LogP contribution in [0.2, 0.25) is 10.0 Å². The maximum absolute atomic E-state index is 15.1. The van der Waals surface area contributed by atoms with E-state index in [1.54, 1.807) is 41.3 Å². The highest BCUT2D eigenvalue weighted by Crippen LogP contribution is 2.55. The number of nitrogens with zero attached hydrogens (tertiary/aromatic N) is 3. The Morgan fingerprint density at radius 1 is 0.907 bits per heavy atom. The number of halogens is 2. The maximum Gasteiger partial charge on any atom is 0.297 e. The van der Waals surface area contributed by atoms with Gasteiger partial charge in [0.1, 0.15) is 5.58 Å². The molecule has 1 unspecified atom stereocenters. The minimum atomic E-state index is -1.85. The number of fused-ring (bicyclic) bond motifs is 6.